The summed E-state index contributed by atoms with van der Waals surface area (Å²) in [7, 11) is 1.79. The van der Waals surface area contributed by atoms with E-state index in [2.05, 4.69) is 33.5 Å². The van der Waals surface area contributed by atoms with Gasteiger partial charge in [-0.3, -0.25) is 4.99 Å². The van der Waals surface area contributed by atoms with Gasteiger partial charge in [0.15, 0.2) is 5.96 Å². The van der Waals surface area contributed by atoms with Crippen LogP contribution in [-0.4, -0.2) is 44.1 Å². The summed E-state index contributed by atoms with van der Waals surface area (Å²) in [6.07, 6.45) is 3.80. The van der Waals surface area contributed by atoms with Gasteiger partial charge in [-0.05, 0) is 62.5 Å². The van der Waals surface area contributed by atoms with Crippen molar-refractivity contribution in [2.75, 3.05) is 33.2 Å². The highest BCUT2D eigenvalue weighted by atomic mass is 15.2. The van der Waals surface area contributed by atoms with E-state index in [1.807, 2.05) is 24.3 Å². The van der Waals surface area contributed by atoms with Crippen LogP contribution >= 0.6 is 0 Å². The third-order valence-electron chi connectivity index (χ3n) is 4.59. The van der Waals surface area contributed by atoms with E-state index in [9.17, 15) is 0 Å². The molecule has 1 aromatic carbocycles. The van der Waals surface area contributed by atoms with Crippen molar-refractivity contribution in [3.05, 3.63) is 35.4 Å². The largest absolute Gasteiger partial charge is 0.356 e. The Bertz CT molecular complexity index is 550. The van der Waals surface area contributed by atoms with E-state index < -0.39 is 0 Å². The van der Waals surface area contributed by atoms with E-state index in [1.54, 1.807) is 7.05 Å². The first-order valence-electron chi connectivity index (χ1n) is 8.87. The first-order valence-corrected chi connectivity index (χ1v) is 8.87. The monoisotopic (exact) mass is 327 g/mol. The number of hydrogen-bond acceptors (Lipinski definition) is 3. The van der Waals surface area contributed by atoms with Crippen LogP contribution in [0.15, 0.2) is 29.3 Å². The lowest BCUT2D eigenvalue weighted by Crippen LogP contribution is -2.39. The summed E-state index contributed by atoms with van der Waals surface area (Å²) in [5, 5.41) is 15.5. The molecule has 0 aliphatic carbocycles. The third-order valence-corrected chi connectivity index (χ3v) is 4.59. The number of nitriles is 1. The van der Waals surface area contributed by atoms with E-state index in [4.69, 9.17) is 5.26 Å². The lowest BCUT2D eigenvalue weighted by atomic mass is 9.99. The van der Waals surface area contributed by atoms with Crippen LogP contribution in [0.4, 0.5) is 0 Å². The summed E-state index contributed by atoms with van der Waals surface area (Å²) in [4.78, 5) is 6.82. The van der Waals surface area contributed by atoms with Gasteiger partial charge in [-0.1, -0.05) is 19.1 Å². The SMILES string of the molecule is CN=C(NCCCN1CCC(C)CC1)NCc1ccc(C#N)cc1. The Balaban J connectivity index is 1.62. The Kier molecular flexibility index (Phi) is 7.57. The Morgan fingerprint density at radius 1 is 1.25 bits per heavy atom. The molecule has 2 N–H and O–H groups in total. The summed E-state index contributed by atoms with van der Waals surface area (Å²) in [5.74, 6) is 1.72. The maximum atomic E-state index is 8.81. The van der Waals surface area contributed by atoms with Crippen LogP contribution in [0.2, 0.25) is 0 Å². The number of hydrogen-bond donors (Lipinski definition) is 2. The summed E-state index contributed by atoms with van der Waals surface area (Å²) in [5.41, 5.74) is 1.83. The summed E-state index contributed by atoms with van der Waals surface area (Å²) in [6, 6.07) is 9.75. The lowest BCUT2D eigenvalue weighted by molar-refractivity contribution is 0.191. The number of likely N-dealkylation sites (tertiary alicyclic amines) is 1. The predicted octanol–water partition coefficient (Wildman–Crippen LogP) is 2.35. The van der Waals surface area contributed by atoms with Crippen molar-refractivity contribution in [1.82, 2.24) is 15.5 Å². The number of aliphatic imine (C=N–C) groups is 1. The van der Waals surface area contributed by atoms with Crippen molar-refractivity contribution in [3.63, 3.8) is 0 Å². The van der Waals surface area contributed by atoms with Gasteiger partial charge in [-0.2, -0.15) is 5.26 Å². The highest BCUT2D eigenvalue weighted by Crippen LogP contribution is 2.15. The Morgan fingerprint density at radius 3 is 2.58 bits per heavy atom. The molecule has 0 amide bonds. The average molecular weight is 327 g/mol. The smallest absolute Gasteiger partial charge is 0.191 e. The van der Waals surface area contributed by atoms with Gasteiger partial charge in [0.05, 0.1) is 11.6 Å². The zero-order chi connectivity index (χ0) is 17.2. The fourth-order valence-corrected chi connectivity index (χ4v) is 2.90. The molecule has 1 aromatic rings. The minimum absolute atomic E-state index is 0.688. The van der Waals surface area contributed by atoms with Gasteiger partial charge in [-0.25, -0.2) is 0 Å². The number of nitrogens with one attached hydrogen (secondary N) is 2. The zero-order valence-corrected chi connectivity index (χ0v) is 14.9. The lowest BCUT2D eigenvalue weighted by Gasteiger charge is -2.30. The molecule has 0 atom stereocenters. The molecule has 2 rings (SSSR count). The maximum absolute atomic E-state index is 8.81. The molecule has 5 heteroatoms. The van der Waals surface area contributed by atoms with Crippen LogP contribution in [0.3, 0.4) is 0 Å². The van der Waals surface area contributed by atoms with Crippen molar-refractivity contribution in [1.29, 1.82) is 5.26 Å². The maximum Gasteiger partial charge on any atom is 0.191 e. The van der Waals surface area contributed by atoms with Crippen LogP contribution in [0.25, 0.3) is 0 Å². The first-order chi connectivity index (χ1) is 11.7. The highest BCUT2D eigenvalue weighted by molar-refractivity contribution is 5.79. The molecule has 1 fully saturated rings. The van der Waals surface area contributed by atoms with E-state index in [0.29, 0.717) is 12.1 Å². The van der Waals surface area contributed by atoms with Crippen molar-refractivity contribution >= 4 is 5.96 Å². The Morgan fingerprint density at radius 2 is 1.96 bits per heavy atom. The van der Waals surface area contributed by atoms with Gasteiger partial charge >= 0.3 is 0 Å². The van der Waals surface area contributed by atoms with Crippen LogP contribution < -0.4 is 10.6 Å². The van der Waals surface area contributed by atoms with E-state index in [0.717, 1.165) is 37.0 Å². The number of nitrogens with zero attached hydrogens (tertiary/aromatic N) is 3. The molecule has 1 saturated heterocycles. The highest BCUT2D eigenvalue weighted by Gasteiger charge is 2.14. The Hall–Kier alpha value is -2.06. The molecule has 1 aliphatic heterocycles. The number of rotatable bonds is 6. The van der Waals surface area contributed by atoms with Crippen molar-refractivity contribution < 1.29 is 0 Å². The molecule has 1 aliphatic rings. The summed E-state index contributed by atoms with van der Waals surface area (Å²) >= 11 is 0. The first kappa shape index (κ1) is 18.3. The van der Waals surface area contributed by atoms with Gasteiger partial charge in [0.25, 0.3) is 0 Å². The summed E-state index contributed by atoms with van der Waals surface area (Å²) < 4.78 is 0. The second kappa shape index (κ2) is 9.94. The predicted molar refractivity (Wildman–Crippen MR) is 98.8 cm³/mol. The standard InChI is InChI=1S/C19H29N5/c1-16-8-12-24(13-9-16)11-3-10-22-19(21-2)23-15-18-6-4-17(14-20)5-7-18/h4-7,16H,3,8-13,15H2,1-2H3,(H2,21,22,23). The van der Waals surface area contributed by atoms with Crippen LogP contribution in [0, 0.1) is 17.2 Å². The number of piperidine rings is 1. The van der Waals surface area contributed by atoms with E-state index >= 15 is 0 Å². The van der Waals surface area contributed by atoms with Gasteiger partial charge in [0.1, 0.15) is 0 Å². The normalized spacial score (nSPS) is 16.6. The minimum Gasteiger partial charge on any atom is -0.356 e. The quantitative estimate of drug-likeness (QED) is 0.478. The van der Waals surface area contributed by atoms with Crippen molar-refractivity contribution in [2.45, 2.75) is 32.7 Å². The molecular weight excluding hydrogens is 298 g/mol. The van der Waals surface area contributed by atoms with Gasteiger partial charge in [-0.15, -0.1) is 0 Å². The molecule has 130 valence electrons. The molecule has 1 heterocycles. The second-order valence-electron chi connectivity index (χ2n) is 6.54. The van der Waals surface area contributed by atoms with Crippen molar-refractivity contribution in [3.8, 4) is 6.07 Å². The molecule has 5 nitrogen and oxygen atoms in total. The number of guanidine groups is 1. The van der Waals surface area contributed by atoms with E-state index in [-0.39, 0.29) is 0 Å². The second-order valence-corrected chi connectivity index (χ2v) is 6.54. The Labute approximate surface area is 145 Å². The van der Waals surface area contributed by atoms with Gasteiger partial charge < -0.3 is 15.5 Å². The summed E-state index contributed by atoms with van der Waals surface area (Å²) in [6.45, 7) is 7.63. The molecule has 0 saturated carbocycles. The molecule has 0 spiro atoms. The molecule has 0 bridgehead atoms. The van der Waals surface area contributed by atoms with E-state index in [1.165, 1.54) is 25.9 Å². The van der Waals surface area contributed by atoms with Crippen LogP contribution in [0.1, 0.15) is 37.3 Å². The molecular formula is C19H29N5. The van der Waals surface area contributed by atoms with Gasteiger partial charge in [0.2, 0.25) is 0 Å². The van der Waals surface area contributed by atoms with Crippen LogP contribution in [0.5, 0.6) is 0 Å². The van der Waals surface area contributed by atoms with Gasteiger partial charge in [0, 0.05) is 20.1 Å². The zero-order valence-electron chi connectivity index (χ0n) is 14.9. The molecule has 0 unspecified atom stereocenters. The van der Waals surface area contributed by atoms with Crippen molar-refractivity contribution in [2.24, 2.45) is 10.9 Å². The fourth-order valence-electron chi connectivity index (χ4n) is 2.90. The number of benzene rings is 1. The van der Waals surface area contributed by atoms with Crippen LogP contribution in [-0.2, 0) is 6.54 Å². The third kappa shape index (κ3) is 6.21. The fraction of sp³-hybridized carbons (Fsp3) is 0.579. The molecule has 0 radical (unpaired) electrons. The molecule has 0 aromatic heterocycles. The molecule has 24 heavy (non-hydrogen) atoms. The average Bonchev–Trinajstić information content (AvgIpc) is 2.63. The topological polar surface area (TPSA) is 63.5 Å². The minimum atomic E-state index is 0.688.